The average molecular weight is 346 g/mol. The van der Waals surface area contributed by atoms with Gasteiger partial charge in [-0.15, -0.1) is 0 Å². The van der Waals surface area contributed by atoms with Crippen LogP contribution in [0.5, 0.6) is 0 Å². The fraction of sp³-hybridized carbons (Fsp3) is 0.526. The maximum Gasteiger partial charge on any atom is 0.323 e. The molecule has 0 aromatic heterocycles. The average Bonchev–Trinajstić information content (AvgIpc) is 2.80. The molecule has 0 aliphatic carbocycles. The second-order valence-electron chi connectivity index (χ2n) is 6.72. The minimum atomic E-state index is -1.01. The van der Waals surface area contributed by atoms with Crippen LogP contribution in [0.3, 0.4) is 0 Å². The van der Waals surface area contributed by atoms with Crippen LogP contribution in [-0.4, -0.2) is 58.4 Å². The van der Waals surface area contributed by atoms with Gasteiger partial charge >= 0.3 is 5.97 Å². The van der Waals surface area contributed by atoms with Gasteiger partial charge in [0.15, 0.2) is 0 Å². The van der Waals surface area contributed by atoms with Gasteiger partial charge in [0.1, 0.15) is 6.54 Å². The van der Waals surface area contributed by atoms with Crippen molar-refractivity contribution in [2.24, 2.45) is 0 Å². The zero-order chi connectivity index (χ0) is 18.6. The largest absolute Gasteiger partial charge is 0.480 e. The number of carboxylic acid groups (broad SMARTS) is 1. The lowest BCUT2D eigenvalue weighted by Crippen LogP contribution is -2.43. The van der Waals surface area contributed by atoms with Crippen LogP contribution in [0.1, 0.15) is 47.7 Å². The molecule has 1 fully saturated rings. The van der Waals surface area contributed by atoms with Gasteiger partial charge in [0, 0.05) is 31.6 Å². The van der Waals surface area contributed by atoms with Crippen molar-refractivity contribution < 1.29 is 19.5 Å². The highest BCUT2D eigenvalue weighted by Crippen LogP contribution is 2.20. The predicted octanol–water partition coefficient (Wildman–Crippen LogP) is 2.23. The highest BCUT2D eigenvalue weighted by Gasteiger charge is 2.27. The van der Waals surface area contributed by atoms with Crippen LogP contribution in [0, 0.1) is 13.8 Å². The van der Waals surface area contributed by atoms with Crippen LogP contribution in [0.2, 0.25) is 0 Å². The number of aryl methyl sites for hydroxylation is 2. The number of carbonyl (C=O) groups excluding carboxylic acids is 2. The molecule has 1 aliphatic heterocycles. The van der Waals surface area contributed by atoms with Gasteiger partial charge < -0.3 is 14.9 Å². The molecule has 2 rings (SSSR count). The molecule has 1 heterocycles. The van der Waals surface area contributed by atoms with Crippen molar-refractivity contribution >= 4 is 17.8 Å². The number of aliphatic carboxylic acids is 1. The van der Waals surface area contributed by atoms with Crippen molar-refractivity contribution in [3.8, 4) is 0 Å². The topological polar surface area (TPSA) is 77.9 Å². The summed E-state index contributed by atoms with van der Waals surface area (Å²) < 4.78 is 0. The summed E-state index contributed by atoms with van der Waals surface area (Å²) in [7, 11) is 0. The molecule has 6 nitrogen and oxygen atoms in total. The maximum absolute atomic E-state index is 12.8. The van der Waals surface area contributed by atoms with Crippen molar-refractivity contribution in [3.05, 3.63) is 34.9 Å². The third-order valence-corrected chi connectivity index (χ3v) is 4.89. The van der Waals surface area contributed by atoms with Crippen molar-refractivity contribution in [1.29, 1.82) is 0 Å². The summed E-state index contributed by atoms with van der Waals surface area (Å²) in [5.74, 6) is -1.25. The smallest absolute Gasteiger partial charge is 0.323 e. The third-order valence-electron chi connectivity index (χ3n) is 4.89. The van der Waals surface area contributed by atoms with E-state index in [-0.39, 0.29) is 24.4 Å². The van der Waals surface area contributed by atoms with E-state index >= 15 is 0 Å². The summed E-state index contributed by atoms with van der Waals surface area (Å²) in [6.07, 6.45) is 2.07. The second kappa shape index (κ2) is 8.14. The molecule has 0 radical (unpaired) electrons. The standard InChI is InChI=1S/C19H26N2O4/c1-13-6-7-16(11-14(13)2)19(25)20-9-4-5-17(8-10-20)21(15(3)22)12-18(23)24/h6-7,11,17H,4-5,8-10,12H2,1-3H3,(H,23,24). The number of hydrogen-bond donors (Lipinski definition) is 1. The molecule has 0 bridgehead atoms. The minimum absolute atomic E-state index is 0.00337. The molecular weight excluding hydrogens is 320 g/mol. The molecule has 1 aromatic rings. The quantitative estimate of drug-likeness (QED) is 0.907. The van der Waals surface area contributed by atoms with Crippen molar-refractivity contribution in [1.82, 2.24) is 9.80 Å². The normalized spacial score (nSPS) is 17.7. The number of carbonyl (C=O) groups is 3. The van der Waals surface area contributed by atoms with Crippen LogP contribution in [0.4, 0.5) is 0 Å². The van der Waals surface area contributed by atoms with Gasteiger partial charge in [0.25, 0.3) is 5.91 Å². The highest BCUT2D eigenvalue weighted by molar-refractivity contribution is 5.94. The van der Waals surface area contributed by atoms with Crippen molar-refractivity contribution in [3.63, 3.8) is 0 Å². The SMILES string of the molecule is CC(=O)N(CC(=O)O)C1CCCN(C(=O)c2ccc(C)c(C)c2)CC1. The van der Waals surface area contributed by atoms with Gasteiger partial charge in [-0.05, 0) is 56.4 Å². The van der Waals surface area contributed by atoms with Gasteiger partial charge in [-0.25, -0.2) is 0 Å². The number of nitrogens with zero attached hydrogens (tertiary/aromatic N) is 2. The van der Waals surface area contributed by atoms with Gasteiger partial charge in [-0.3, -0.25) is 14.4 Å². The molecule has 0 spiro atoms. The lowest BCUT2D eigenvalue weighted by atomic mass is 10.1. The predicted molar refractivity (Wildman–Crippen MR) is 94.5 cm³/mol. The fourth-order valence-electron chi connectivity index (χ4n) is 3.29. The summed E-state index contributed by atoms with van der Waals surface area (Å²) in [5, 5.41) is 9.01. The monoisotopic (exact) mass is 346 g/mol. The molecule has 1 atom stereocenters. The van der Waals surface area contributed by atoms with E-state index in [4.69, 9.17) is 5.11 Å². The van der Waals surface area contributed by atoms with E-state index in [1.165, 1.54) is 11.8 Å². The Morgan fingerprint density at radius 1 is 1.16 bits per heavy atom. The first-order valence-corrected chi connectivity index (χ1v) is 8.65. The number of carboxylic acids is 1. The van der Waals surface area contributed by atoms with Crippen molar-refractivity contribution in [2.75, 3.05) is 19.6 Å². The molecule has 1 saturated heterocycles. The number of rotatable bonds is 4. The first kappa shape index (κ1) is 19.0. The summed E-state index contributed by atoms with van der Waals surface area (Å²) in [6, 6.07) is 5.57. The molecule has 2 amide bonds. The van der Waals surface area contributed by atoms with Crippen LogP contribution >= 0.6 is 0 Å². The van der Waals surface area contributed by atoms with E-state index in [0.717, 1.165) is 17.5 Å². The minimum Gasteiger partial charge on any atom is -0.480 e. The lowest BCUT2D eigenvalue weighted by Gasteiger charge is -2.28. The van der Waals surface area contributed by atoms with Gasteiger partial charge in [-0.2, -0.15) is 0 Å². The van der Waals surface area contributed by atoms with E-state index in [9.17, 15) is 14.4 Å². The molecule has 6 heteroatoms. The Hall–Kier alpha value is -2.37. The molecule has 136 valence electrons. The van der Waals surface area contributed by atoms with E-state index in [1.807, 2.05) is 36.9 Å². The zero-order valence-electron chi connectivity index (χ0n) is 15.1. The van der Waals surface area contributed by atoms with Gasteiger partial charge in [0.2, 0.25) is 5.91 Å². The van der Waals surface area contributed by atoms with Gasteiger partial charge in [0.05, 0.1) is 0 Å². The van der Waals surface area contributed by atoms with E-state index in [0.29, 0.717) is 31.5 Å². The molecular formula is C19H26N2O4. The Morgan fingerprint density at radius 3 is 2.48 bits per heavy atom. The van der Waals surface area contributed by atoms with Gasteiger partial charge in [-0.1, -0.05) is 6.07 Å². The van der Waals surface area contributed by atoms with Crippen LogP contribution in [0.15, 0.2) is 18.2 Å². The first-order valence-electron chi connectivity index (χ1n) is 8.65. The zero-order valence-corrected chi connectivity index (χ0v) is 15.1. The molecule has 0 saturated carbocycles. The molecule has 1 unspecified atom stereocenters. The van der Waals surface area contributed by atoms with Crippen molar-refractivity contribution in [2.45, 2.75) is 46.1 Å². The van der Waals surface area contributed by atoms with E-state index in [1.54, 1.807) is 0 Å². The summed E-state index contributed by atoms with van der Waals surface area (Å²) in [5.41, 5.74) is 2.91. The summed E-state index contributed by atoms with van der Waals surface area (Å²) >= 11 is 0. The number of benzene rings is 1. The molecule has 1 aliphatic rings. The number of hydrogen-bond acceptors (Lipinski definition) is 3. The fourth-order valence-corrected chi connectivity index (χ4v) is 3.29. The second-order valence-corrected chi connectivity index (χ2v) is 6.72. The van der Waals surface area contributed by atoms with Crippen LogP contribution in [-0.2, 0) is 9.59 Å². The van der Waals surface area contributed by atoms with E-state index < -0.39 is 5.97 Å². The number of likely N-dealkylation sites (tertiary alicyclic amines) is 1. The molecule has 25 heavy (non-hydrogen) atoms. The Bertz CT molecular complexity index is 671. The Balaban J connectivity index is 2.07. The maximum atomic E-state index is 12.8. The Morgan fingerprint density at radius 2 is 1.88 bits per heavy atom. The Labute approximate surface area is 148 Å². The molecule has 1 aromatic carbocycles. The van der Waals surface area contributed by atoms with Crippen LogP contribution < -0.4 is 0 Å². The molecule has 1 N–H and O–H groups in total. The summed E-state index contributed by atoms with van der Waals surface area (Å²) in [6.45, 7) is 6.26. The number of amides is 2. The lowest BCUT2D eigenvalue weighted by molar-refractivity contribution is -0.145. The summed E-state index contributed by atoms with van der Waals surface area (Å²) in [4.78, 5) is 38.8. The highest BCUT2D eigenvalue weighted by atomic mass is 16.4. The van der Waals surface area contributed by atoms with Crippen LogP contribution in [0.25, 0.3) is 0 Å². The Kier molecular flexibility index (Phi) is 6.17. The third kappa shape index (κ3) is 4.81. The van der Waals surface area contributed by atoms with E-state index in [2.05, 4.69) is 0 Å². The first-order chi connectivity index (χ1) is 11.8.